The summed E-state index contributed by atoms with van der Waals surface area (Å²) in [5, 5.41) is 10.4. The molecule has 53 heavy (non-hydrogen) atoms. The number of esters is 5. The largest absolute Gasteiger partial charge is 0.427 e. The fourth-order valence-corrected chi connectivity index (χ4v) is 2.43. The number of non-ortho nitro benzene ring substituents is 1. The first kappa shape index (κ1) is 50.7. The standard InChI is InChI=1S/C8H7NO4.C6H7NO4.C6H8O3.C5H6N2O.C5H6O3.C2H3ClO/c1-6(10)13-8-4-2-7(3-5-8)9(11)12;1-4(8)11-7-5(9)2-3-6(7)10;1-4(2)6(8)9-5(3)7;1-5(8)7-3-2-6-4-7;1-3-5(7)8-4(2)6;1-2(3)4/h2-5H,1H3;2-3H2,1H3;1H2,2-3H3;2-4H,1H3;3H,1H2,2H3;1H3. The molecule has 1 aliphatic rings. The average molecular weight is 769 g/mol. The normalized spacial score (nSPS) is 10.3. The molecule has 1 aliphatic heterocycles. The lowest BCUT2D eigenvalue weighted by molar-refractivity contribution is -0.384. The van der Waals surface area contributed by atoms with Crippen molar-refractivity contribution in [1.82, 2.24) is 14.6 Å². The van der Waals surface area contributed by atoms with Crippen LogP contribution < -0.4 is 4.74 Å². The van der Waals surface area contributed by atoms with Crippen LogP contribution in [0.1, 0.15) is 66.1 Å². The average Bonchev–Trinajstić information content (AvgIpc) is 3.68. The number of nitro groups is 1. The molecule has 2 amide bonds. The topological polar surface area (TPSA) is 272 Å². The zero-order valence-electron chi connectivity index (χ0n) is 29.6. The second-order valence-corrected chi connectivity index (χ2v) is 9.78. The summed E-state index contributed by atoms with van der Waals surface area (Å²) < 4.78 is 14.2. The zero-order chi connectivity index (χ0) is 41.8. The molecule has 0 spiro atoms. The number of carbonyl (C=O) groups is 10. The van der Waals surface area contributed by atoms with E-state index in [-0.39, 0.29) is 35.3 Å². The van der Waals surface area contributed by atoms with Crippen molar-refractivity contribution in [3.63, 3.8) is 0 Å². The fourth-order valence-electron chi connectivity index (χ4n) is 2.43. The molecule has 0 unspecified atom stereocenters. The SMILES string of the molecule is C=C(C)C(=O)OC(C)=O.C=CC(=O)OC(C)=O.CC(=O)Cl.CC(=O)ON1C(=O)CCC1=O.CC(=O)Oc1ccc([N+](=O)[O-])cc1.CC(=O)n1ccnc1. The number of carbonyl (C=O) groups excluding carboxylic acids is 10. The molecule has 1 aromatic carbocycles. The number of imide groups is 1. The van der Waals surface area contributed by atoms with Crippen LogP contribution in [0.3, 0.4) is 0 Å². The Balaban J connectivity index is -0.000000582. The van der Waals surface area contributed by atoms with Gasteiger partial charge in [0, 0.05) is 90.6 Å². The minimum atomic E-state index is -0.711. The number of halogens is 1. The number of aromatic nitrogens is 2. The molecule has 0 bridgehead atoms. The maximum absolute atomic E-state index is 10.7. The van der Waals surface area contributed by atoms with Gasteiger partial charge in [0.1, 0.15) is 12.1 Å². The van der Waals surface area contributed by atoms with Crippen LogP contribution in [0, 0.1) is 10.1 Å². The third kappa shape index (κ3) is 29.9. The van der Waals surface area contributed by atoms with Crippen molar-refractivity contribution in [1.29, 1.82) is 0 Å². The smallest absolute Gasteiger partial charge is 0.340 e. The minimum absolute atomic E-state index is 0.0116. The Labute approximate surface area is 307 Å². The van der Waals surface area contributed by atoms with Crippen molar-refractivity contribution in [3.8, 4) is 5.75 Å². The number of hydrogen-bond donors (Lipinski definition) is 0. The number of rotatable bonds is 5. The summed E-state index contributed by atoms with van der Waals surface area (Å²) in [6, 6.07) is 5.30. The molecular weight excluding hydrogens is 732 g/mol. The summed E-state index contributed by atoms with van der Waals surface area (Å²) >= 11 is 4.64. The predicted octanol–water partition coefficient (Wildman–Crippen LogP) is 3.36. The second kappa shape index (κ2) is 28.0. The molecule has 0 radical (unpaired) electrons. The third-order valence-corrected chi connectivity index (χ3v) is 4.40. The van der Waals surface area contributed by atoms with Gasteiger partial charge in [0.25, 0.3) is 17.5 Å². The van der Waals surface area contributed by atoms with Crippen LogP contribution in [0.2, 0.25) is 0 Å². The molecule has 0 N–H and O–H groups in total. The highest BCUT2D eigenvalue weighted by molar-refractivity contribution is 6.62. The molecule has 1 fully saturated rings. The van der Waals surface area contributed by atoms with Gasteiger partial charge < -0.3 is 19.0 Å². The number of hydrogen-bond acceptors (Lipinski definition) is 17. The van der Waals surface area contributed by atoms with Crippen molar-refractivity contribution in [3.05, 3.63) is 77.9 Å². The Morgan fingerprint density at radius 3 is 1.55 bits per heavy atom. The molecule has 2 aromatic rings. The highest BCUT2D eigenvalue weighted by Gasteiger charge is 2.31. The number of amides is 2. The van der Waals surface area contributed by atoms with Crippen molar-refractivity contribution >= 4 is 76.1 Å². The molecule has 1 saturated heterocycles. The van der Waals surface area contributed by atoms with Gasteiger partial charge in [-0.25, -0.2) is 19.4 Å². The fraction of sp³-hybridized carbons (Fsp3) is 0.281. The van der Waals surface area contributed by atoms with Gasteiger partial charge >= 0.3 is 35.8 Å². The first-order valence-electron chi connectivity index (χ1n) is 14.3. The van der Waals surface area contributed by atoms with Gasteiger partial charge in [0.2, 0.25) is 11.1 Å². The molecule has 3 rings (SSSR count). The summed E-state index contributed by atoms with van der Waals surface area (Å²) in [6.45, 7) is 15.4. The summed E-state index contributed by atoms with van der Waals surface area (Å²) in [5.41, 5.74) is 0.195. The van der Waals surface area contributed by atoms with Crippen LogP contribution in [0.5, 0.6) is 5.75 Å². The van der Waals surface area contributed by atoms with Crippen LogP contribution in [0.4, 0.5) is 5.69 Å². The van der Waals surface area contributed by atoms with Crippen LogP contribution in [-0.4, -0.2) is 78.3 Å². The van der Waals surface area contributed by atoms with Crippen molar-refractivity contribution in [2.75, 3.05) is 0 Å². The van der Waals surface area contributed by atoms with Crippen LogP contribution in [0.15, 0.2) is 67.8 Å². The molecule has 0 aliphatic carbocycles. The molecule has 20 nitrogen and oxygen atoms in total. The third-order valence-electron chi connectivity index (χ3n) is 4.40. The van der Waals surface area contributed by atoms with E-state index in [9.17, 15) is 58.1 Å². The number of nitro benzene ring substituents is 1. The molecule has 2 heterocycles. The van der Waals surface area contributed by atoms with Crippen molar-refractivity contribution in [2.45, 2.75) is 61.3 Å². The van der Waals surface area contributed by atoms with E-state index in [2.05, 4.69) is 48.8 Å². The van der Waals surface area contributed by atoms with E-state index in [1.807, 2.05) is 0 Å². The molecule has 21 heteroatoms. The second-order valence-electron chi connectivity index (χ2n) is 9.25. The number of hydroxylamine groups is 2. The van der Waals surface area contributed by atoms with Crippen molar-refractivity contribution in [2.24, 2.45) is 0 Å². The van der Waals surface area contributed by atoms with Gasteiger partial charge in [-0.05, 0) is 30.7 Å². The summed E-state index contributed by atoms with van der Waals surface area (Å²) in [4.78, 5) is 120. The number of ether oxygens (including phenoxy) is 3. The van der Waals surface area contributed by atoms with E-state index < -0.39 is 52.6 Å². The maximum Gasteiger partial charge on any atom is 0.340 e. The Kier molecular flexibility index (Phi) is 26.8. The molecule has 0 atom stereocenters. The Hall–Kier alpha value is -6.70. The van der Waals surface area contributed by atoms with E-state index in [0.29, 0.717) is 10.8 Å². The van der Waals surface area contributed by atoms with Gasteiger partial charge in [-0.2, -0.15) is 0 Å². The van der Waals surface area contributed by atoms with Crippen LogP contribution in [-0.2, 0) is 57.5 Å². The quantitative estimate of drug-likeness (QED) is 0.0616. The first-order chi connectivity index (χ1) is 24.4. The van der Waals surface area contributed by atoms with E-state index in [1.165, 1.54) is 69.8 Å². The molecule has 288 valence electrons. The number of benzene rings is 1. The van der Waals surface area contributed by atoms with Crippen LogP contribution in [0.25, 0.3) is 0 Å². The zero-order valence-corrected chi connectivity index (χ0v) is 30.4. The van der Waals surface area contributed by atoms with E-state index in [1.54, 1.807) is 12.4 Å². The Morgan fingerprint density at radius 1 is 0.830 bits per heavy atom. The molecule has 0 saturated carbocycles. The van der Waals surface area contributed by atoms with Crippen LogP contribution >= 0.6 is 11.6 Å². The summed E-state index contributed by atoms with van der Waals surface area (Å²) in [5.74, 6) is -4.32. The maximum atomic E-state index is 10.7. The van der Waals surface area contributed by atoms with Crippen molar-refractivity contribution < 1.29 is 71.9 Å². The van der Waals surface area contributed by atoms with Gasteiger partial charge in [-0.1, -0.05) is 13.2 Å². The lowest BCUT2D eigenvalue weighted by Gasteiger charge is -2.09. The molecular formula is C32H37ClN4O16. The summed E-state index contributed by atoms with van der Waals surface area (Å²) in [6.07, 6.45) is 5.85. The van der Waals surface area contributed by atoms with Gasteiger partial charge in [0.15, 0.2) is 0 Å². The Bertz CT molecular complexity index is 1630. The van der Waals surface area contributed by atoms with E-state index in [0.717, 1.165) is 19.9 Å². The van der Waals surface area contributed by atoms with Gasteiger partial charge in [-0.3, -0.25) is 48.2 Å². The van der Waals surface area contributed by atoms with E-state index in [4.69, 9.17) is 0 Å². The Morgan fingerprint density at radius 2 is 1.30 bits per heavy atom. The van der Waals surface area contributed by atoms with E-state index >= 15 is 0 Å². The van der Waals surface area contributed by atoms with Gasteiger partial charge in [0.05, 0.1) is 4.92 Å². The highest BCUT2D eigenvalue weighted by atomic mass is 35.5. The molecule has 1 aromatic heterocycles. The number of nitrogens with zero attached hydrogens (tertiary/aromatic N) is 4. The lowest BCUT2D eigenvalue weighted by Crippen LogP contribution is -2.30. The highest BCUT2D eigenvalue weighted by Crippen LogP contribution is 2.17. The number of imidazole rings is 1. The monoisotopic (exact) mass is 768 g/mol. The van der Waals surface area contributed by atoms with Gasteiger partial charge in [-0.15, -0.1) is 5.06 Å². The predicted molar refractivity (Wildman–Crippen MR) is 181 cm³/mol. The first-order valence-corrected chi connectivity index (χ1v) is 14.7. The lowest BCUT2D eigenvalue weighted by atomic mass is 10.3. The minimum Gasteiger partial charge on any atom is -0.427 e. The summed E-state index contributed by atoms with van der Waals surface area (Å²) in [7, 11) is 0.